The summed E-state index contributed by atoms with van der Waals surface area (Å²) in [7, 11) is -3.08. The van der Waals surface area contributed by atoms with E-state index in [0.717, 1.165) is 30.4 Å². The highest BCUT2D eigenvalue weighted by Crippen LogP contribution is 2.07. The van der Waals surface area contributed by atoms with E-state index in [9.17, 15) is 8.42 Å². The molecule has 0 saturated carbocycles. The van der Waals surface area contributed by atoms with Gasteiger partial charge in [-0.3, -0.25) is 4.99 Å². The van der Waals surface area contributed by atoms with Crippen molar-refractivity contribution in [2.45, 2.75) is 19.1 Å². The maximum atomic E-state index is 12.1. The van der Waals surface area contributed by atoms with E-state index in [1.807, 2.05) is 37.3 Å². The summed E-state index contributed by atoms with van der Waals surface area (Å²) in [5.41, 5.74) is 0.836. The van der Waals surface area contributed by atoms with Crippen LogP contribution in [0.5, 0.6) is 0 Å². The van der Waals surface area contributed by atoms with Gasteiger partial charge in [0.25, 0.3) is 0 Å². The predicted octanol–water partition coefficient (Wildman–Crippen LogP) is 1.91. The topological polar surface area (TPSA) is 70.6 Å². The molecule has 1 rings (SSSR count). The van der Waals surface area contributed by atoms with E-state index in [-0.39, 0.29) is 11.5 Å². The van der Waals surface area contributed by atoms with E-state index < -0.39 is 9.84 Å². The molecule has 0 fully saturated rings. The molecule has 0 aliphatic heterocycles. The molecule has 0 saturated heterocycles. The van der Waals surface area contributed by atoms with Crippen LogP contribution in [-0.4, -0.2) is 51.8 Å². The molecule has 23 heavy (non-hydrogen) atoms. The number of sulfone groups is 1. The van der Waals surface area contributed by atoms with Gasteiger partial charge in [-0.2, -0.15) is 11.8 Å². The molecule has 1 aromatic rings. The summed E-state index contributed by atoms with van der Waals surface area (Å²) in [6, 6.07) is 9.29. The van der Waals surface area contributed by atoms with Crippen molar-refractivity contribution in [1.82, 2.24) is 10.6 Å². The first-order valence-corrected chi connectivity index (χ1v) is 11.0. The fourth-order valence-corrected chi connectivity index (χ4v) is 3.71. The second-order valence-electron chi connectivity index (χ2n) is 5.11. The Hall–Kier alpha value is -1.21. The molecular weight excluding hydrogens is 330 g/mol. The number of aliphatic imine (C=N–C) groups is 1. The van der Waals surface area contributed by atoms with Gasteiger partial charge in [-0.1, -0.05) is 30.3 Å². The highest BCUT2D eigenvalue weighted by atomic mass is 32.2. The van der Waals surface area contributed by atoms with Gasteiger partial charge in [0.05, 0.1) is 11.5 Å². The van der Waals surface area contributed by atoms with Gasteiger partial charge in [0.15, 0.2) is 15.8 Å². The molecule has 0 heterocycles. The first-order valence-electron chi connectivity index (χ1n) is 7.83. The molecule has 130 valence electrons. The van der Waals surface area contributed by atoms with Gasteiger partial charge >= 0.3 is 0 Å². The number of benzene rings is 1. The van der Waals surface area contributed by atoms with Gasteiger partial charge < -0.3 is 10.6 Å². The smallest absolute Gasteiger partial charge is 0.191 e. The van der Waals surface area contributed by atoms with E-state index in [1.54, 1.807) is 11.8 Å². The fraction of sp³-hybridized carbons (Fsp3) is 0.562. The molecule has 0 radical (unpaired) electrons. The Morgan fingerprint density at radius 3 is 2.61 bits per heavy atom. The van der Waals surface area contributed by atoms with Crippen molar-refractivity contribution in [3.8, 4) is 0 Å². The summed E-state index contributed by atoms with van der Waals surface area (Å²) >= 11 is 1.77. The third kappa shape index (κ3) is 9.50. The van der Waals surface area contributed by atoms with Gasteiger partial charge in [0, 0.05) is 25.4 Å². The van der Waals surface area contributed by atoms with Crippen LogP contribution in [-0.2, 0) is 15.6 Å². The molecule has 0 aliphatic carbocycles. The van der Waals surface area contributed by atoms with Crippen molar-refractivity contribution in [2.75, 3.05) is 37.4 Å². The molecule has 0 spiro atoms. The molecule has 5 nitrogen and oxygen atoms in total. The van der Waals surface area contributed by atoms with Crippen molar-refractivity contribution in [3.05, 3.63) is 35.9 Å². The van der Waals surface area contributed by atoms with Crippen LogP contribution in [0.15, 0.2) is 35.3 Å². The number of rotatable bonds is 10. The van der Waals surface area contributed by atoms with Crippen molar-refractivity contribution in [3.63, 3.8) is 0 Å². The lowest BCUT2D eigenvalue weighted by Crippen LogP contribution is -2.38. The minimum atomic E-state index is -3.08. The third-order valence-corrected chi connectivity index (χ3v) is 5.35. The van der Waals surface area contributed by atoms with Crippen molar-refractivity contribution in [1.29, 1.82) is 0 Å². The molecular formula is C16H27N3O2S2. The van der Waals surface area contributed by atoms with Gasteiger partial charge in [0.2, 0.25) is 0 Å². The molecule has 0 atom stereocenters. The van der Waals surface area contributed by atoms with E-state index in [4.69, 9.17) is 0 Å². The maximum Gasteiger partial charge on any atom is 0.191 e. The minimum Gasteiger partial charge on any atom is -0.357 e. The Balaban J connectivity index is 2.39. The molecule has 0 bridgehead atoms. The van der Waals surface area contributed by atoms with Crippen LogP contribution in [0, 0.1) is 0 Å². The summed E-state index contributed by atoms with van der Waals surface area (Å²) in [6.45, 7) is 4.15. The summed E-state index contributed by atoms with van der Waals surface area (Å²) in [6.07, 6.45) is 2.59. The van der Waals surface area contributed by atoms with Crippen LogP contribution in [0.4, 0.5) is 0 Å². The molecule has 0 aliphatic rings. The number of nitrogens with zero attached hydrogens (tertiary/aromatic N) is 1. The molecule has 0 amide bonds. The van der Waals surface area contributed by atoms with Crippen molar-refractivity contribution >= 4 is 27.6 Å². The standard InChI is InChI=1S/C16H27N3O2S2/c1-3-17-16(19-11-12-22-2)18-10-7-13-23(20,21)14-15-8-5-4-6-9-15/h4-6,8-9H,3,7,10-14H2,1-2H3,(H2,17,18,19). The average molecular weight is 358 g/mol. The Kier molecular flexibility index (Phi) is 9.78. The largest absolute Gasteiger partial charge is 0.357 e. The number of nitrogens with one attached hydrogen (secondary N) is 2. The summed E-state index contributed by atoms with van der Waals surface area (Å²) < 4.78 is 24.2. The van der Waals surface area contributed by atoms with Gasteiger partial charge in [-0.25, -0.2) is 8.42 Å². The van der Waals surface area contributed by atoms with Crippen LogP contribution < -0.4 is 10.6 Å². The lowest BCUT2D eigenvalue weighted by Gasteiger charge is -2.10. The van der Waals surface area contributed by atoms with Crippen LogP contribution in [0.3, 0.4) is 0 Å². The Bertz CT molecular complexity index is 560. The van der Waals surface area contributed by atoms with E-state index in [2.05, 4.69) is 21.9 Å². The number of guanidine groups is 1. The van der Waals surface area contributed by atoms with E-state index >= 15 is 0 Å². The number of thioether (sulfide) groups is 1. The van der Waals surface area contributed by atoms with E-state index in [0.29, 0.717) is 13.0 Å². The molecule has 0 unspecified atom stereocenters. The molecule has 0 aromatic heterocycles. The summed E-state index contributed by atoms with van der Waals surface area (Å²) in [5, 5.41) is 6.39. The zero-order valence-electron chi connectivity index (χ0n) is 13.9. The average Bonchev–Trinajstić information content (AvgIpc) is 2.52. The highest BCUT2D eigenvalue weighted by molar-refractivity contribution is 7.98. The zero-order valence-corrected chi connectivity index (χ0v) is 15.5. The predicted molar refractivity (Wildman–Crippen MR) is 101 cm³/mol. The van der Waals surface area contributed by atoms with Crippen molar-refractivity contribution < 1.29 is 8.42 Å². The van der Waals surface area contributed by atoms with Crippen LogP contribution in [0.25, 0.3) is 0 Å². The zero-order chi connectivity index (χ0) is 17.0. The van der Waals surface area contributed by atoms with Crippen LogP contribution in [0.2, 0.25) is 0 Å². The Morgan fingerprint density at radius 1 is 1.22 bits per heavy atom. The molecule has 7 heteroatoms. The maximum absolute atomic E-state index is 12.1. The summed E-state index contributed by atoms with van der Waals surface area (Å²) in [5.74, 6) is 2.02. The first-order chi connectivity index (χ1) is 11.1. The normalized spacial score (nSPS) is 12.2. The quantitative estimate of drug-likeness (QED) is 0.380. The lowest BCUT2D eigenvalue weighted by atomic mass is 10.2. The van der Waals surface area contributed by atoms with Gasteiger partial charge in [-0.05, 0) is 25.2 Å². The van der Waals surface area contributed by atoms with E-state index in [1.165, 1.54) is 0 Å². The van der Waals surface area contributed by atoms with Crippen LogP contribution in [0.1, 0.15) is 18.9 Å². The third-order valence-electron chi connectivity index (χ3n) is 3.06. The van der Waals surface area contributed by atoms with Gasteiger partial charge in [0.1, 0.15) is 0 Å². The minimum absolute atomic E-state index is 0.101. The number of hydrogen-bond donors (Lipinski definition) is 2. The lowest BCUT2D eigenvalue weighted by molar-refractivity contribution is 0.592. The highest BCUT2D eigenvalue weighted by Gasteiger charge is 2.11. The molecule has 1 aromatic carbocycles. The number of hydrogen-bond acceptors (Lipinski definition) is 4. The van der Waals surface area contributed by atoms with Crippen LogP contribution >= 0.6 is 11.8 Å². The summed E-state index contributed by atoms with van der Waals surface area (Å²) in [4.78, 5) is 4.42. The Labute approximate surface area is 144 Å². The van der Waals surface area contributed by atoms with Crippen molar-refractivity contribution in [2.24, 2.45) is 4.99 Å². The second kappa shape index (κ2) is 11.3. The monoisotopic (exact) mass is 357 g/mol. The van der Waals surface area contributed by atoms with Gasteiger partial charge in [-0.15, -0.1) is 0 Å². The Morgan fingerprint density at radius 2 is 1.96 bits per heavy atom. The second-order valence-corrected chi connectivity index (χ2v) is 8.28. The fourth-order valence-electron chi connectivity index (χ4n) is 1.99. The molecule has 2 N–H and O–H groups in total. The SMILES string of the molecule is CCNC(=NCCCS(=O)(=O)Cc1ccccc1)NCCSC. The first kappa shape index (κ1) is 19.8.